The third-order valence-corrected chi connectivity index (χ3v) is 6.80. The number of aryl methyl sites for hydroxylation is 1. The maximum absolute atomic E-state index is 12.8. The Morgan fingerprint density at radius 3 is 2.26 bits per heavy atom. The van der Waals surface area contributed by atoms with E-state index in [0.29, 0.717) is 25.1 Å². The Labute approximate surface area is 162 Å². The Kier molecular flexibility index (Phi) is 8.43. The van der Waals surface area contributed by atoms with Crippen LogP contribution >= 0.6 is 0 Å². The van der Waals surface area contributed by atoms with E-state index in [1.807, 2.05) is 13.8 Å². The van der Waals surface area contributed by atoms with Gasteiger partial charge in [-0.1, -0.05) is 40.2 Å². The summed E-state index contributed by atoms with van der Waals surface area (Å²) in [5.41, 5.74) is 0.846. The fraction of sp³-hybridized carbons (Fsp3) is 0.579. The van der Waals surface area contributed by atoms with Crippen LogP contribution in [0.4, 0.5) is 0 Å². The zero-order valence-corrected chi connectivity index (χ0v) is 17.7. The van der Waals surface area contributed by atoms with Gasteiger partial charge in [0.15, 0.2) is 0 Å². The highest BCUT2D eigenvalue weighted by Gasteiger charge is 2.29. The Hall–Kier alpha value is -1.93. The quantitative estimate of drug-likeness (QED) is 0.645. The molecule has 0 aliphatic heterocycles. The van der Waals surface area contributed by atoms with Gasteiger partial charge in [0.05, 0.1) is 12.0 Å². The first kappa shape index (κ1) is 23.1. The number of amides is 1. The lowest BCUT2D eigenvalue weighted by atomic mass is 9.98. The van der Waals surface area contributed by atoms with Gasteiger partial charge in [-0.3, -0.25) is 4.79 Å². The molecule has 1 N–H and O–H groups in total. The van der Waals surface area contributed by atoms with Gasteiger partial charge in [0.1, 0.15) is 6.04 Å². The van der Waals surface area contributed by atoms with Crippen LogP contribution in [-0.4, -0.2) is 50.8 Å². The highest BCUT2D eigenvalue weighted by atomic mass is 32.2. The van der Waals surface area contributed by atoms with Gasteiger partial charge < -0.3 is 10.1 Å². The van der Waals surface area contributed by atoms with E-state index in [2.05, 4.69) is 5.32 Å². The number of nitrogens with one attached hydrogen (secondary N) is 1. The van der Waals surface area contributed by atoms with Crippen molar-refractivity contribution in [3.8, 4) is 0 Å². The van der Waals surface area contributed by atoms with Gasteiger partial charge in [0.2, 0.25) is 10.0 Å². The molecule has 8 heteroatoms. The lowest BCUT2D eigenvalue weighted by Gasteiger charge is -2.23. The van der Waals surface area contributed by atoms with Crippen LogP contribution in [0.2, 0.25) is 0 Å². The molecule has 1 amide bonds. The van der Waals surface area contributed by atoms with Gasteiger partial charge in [-0.2, -0.15) is 4.31 Å². The Bertz CT molecular complexity index is 772. The molecule has 7 nitrogen and oxygen atoms in total. The monoisotopic (exact) mass is 398 g/mol. The molecule has 1 rings (SSSR count). The fourth-order valence-corrected chi connectivity index (χ4v) is 4.22. The van der Waals surface area contributed by atoms with Gasteiger partial charge >= 0.3 is 5.97 Å². The number of sulfonamides is 1. The predicted molar refractivity (Wildman–Crippen MR) is 104 cm³/mol. The molecule has 0 aromatic heterocycles. The van der Waals surface area contributed by atoms with Crippen LogP contribution in [0.15, 0.2) is 23.1 Å². The molecule has 0 spiro atoms. The maximum Gasteiger partial charge on any atom is 0.328 e. The number of hydrogen-bond donors (Lipinski definition) is 1. The summed E-state index contributed by atoms with van der Waals surface area (Å²) in [6.45, 7) is 9.68. The van der Waals surface area contributed by atoms with Crippen molar-refractivity contribution in [2.45, 2.75) is 52.0 Å². The fourth-order valence-electron chi connectivity index (χ4n) is 2.73. The van der Waals surface area contributed by atoms with E-state index in [0.717, 1.165) is 0 Å². The van der Waals surface area contributed by atoms with Crippen molar-refractivity contribution in [3.63, 3.8) is 0 Å². The average Bonchev–Trinajstić information content (AvgIpc) is 2.65. The van der Waals surface area contributed by atoms with Crippen LogP contribution in [0.5, 0.6) is 0 Å². The minimum Gasteiger partial charge on any atom is -0.467 e. The minimum atomic E-state index is -3.68. The number of hydrogen-bond acceptors (Lipinski definition) is 5. The third kappa shape index (κ3) is 5.29. The van der Waals surface area contributed by atoms with E-state index in [-0.39, 0.29) is 16.4 Å². The van der Waals surface area contributed by atoms with Crippen molar-refractivity contribution >= 4 is 21.9 Å². The molecule has 0 aliphatic carbocycles. The van der Waals surface area contributed by atoms with Crippen molar-refractivity contribution < 1.29 is 22.7 Å². The summed E-state index contributed by atoms with van der Waals surface area (Å²) in [7, 11) is -2.41. The summed E-state index contributed by atoms with van der Waals surface area (Å²) in [4.78, 5) is 24.9. The molecule has 0 aliphatic rings. The summed E-state index contributed by atoms with van der Waals surface area (Å²) in [5.74, 6) is -1.15. The number of benzene rings is 1. The molecule has 1 aromatic rings. The van der Waals surface area contributed by atoms with Crippen molar-refractivity contribution in [2.24, 2.45) is 5.92 Å². The number of methoxy groups -OCH3 is 1. The second-order valence-corrected chi connectivity index (χ2v) is 8.36. The molecule has 1 aromatic carbocycles. The van der Waals surface area contributed by atoms with E-state index in [4.69, 9.17) is 4.74 Å². The van der Waals surface area contributed by atoms with Crippen LogP contribution in [0.3, 0.4) is 0 Å². The van der Waals surface area contributed by atoms with E-state index >= 15 is 0 Å². The molecule has 0 unspecified atom stereocenters. The third-order valence-electron chi connectivity index (χ3n) is 4.75. The number of nitrogens with zero attached hydrogens (tertiary/aromatic N) is 1. The van der Waals surface area contributed by atoms with Crippen LogP contribution in [0.1, 0.15) is 50.0 Å². The zero-order chi connectivity index (χ0) is 20.8. The Balaban J connectivity index is 3.26. The van der Waals surface area contributed by atoms with Gasteiger partial charge in [-0.15, -0.1) is 0 Å². The summed E-state index contributed by atoms with van der Waals surface area (Å²) in [6.07, 6.45) is 0.676. The molecule has 2 atom stereocenters. The molecule has 27 heavy (non-hydrogen) atoms. The van der Waals surface area contributed by atoms with Crippen LogP contribution < -0.4 is 5.32 Å². The van der Waals surface area contributed by atoms with Crippen molar-refractivity contribution in [1.29, 1.82) is 0 Å². The van der Waals surface area contributed by atoms with Crippen molar-refractivity contribution in [2.75, 3.05) is 20.2 Å². The average molecular weight is 399 g/mol. The predicted octanol–water partition coefficient (Wildman–Crippen LogP) is 2.34. The lowest BCUT2D eigenvalue weighted by molar-refractivity contribution is -0.144. The number of carbonyl (C=O) groups is 2. The highest BCUT2D eigenvalue weighted by molar-refractivity contribution is 7.89. The van der Waals surface area contributed by atoms with E-state index in [1.165, 1.54) is 23.5 Å². The van der Waals surface area contributed by atoms with Crippen molar-refractivity contribution in [3.05, 3.63) is 29.3 Å². The standard InChI is InChI=1S/C19H30N2O5S/c1-7-13(4)17(19(23)26-6)20-18(22)16-12-15(11-10-14(16)5)27(24,25)21(8-2)9-3/h10-13,17H,7-9H2,1-6H3,(H,20,22)/t13-,17+/m1/s1. The SMILES string of the molecule is CC[C@@H](C)[C@H](NC(=O)c1cc(S(=O)(=O)N(CC)CC)ccc1C)C(=O)OC. The summed E-state index contributed by atoms with van der Waals surface area (Å²) < 4.78 is 31.6. The summed E-state index contributed by atoms with van der Waals surface area (Å²) >= 11 is 0. The summed E-state index contributed by atoms with van der Waals surface area (Å²) in [6, 6.07) is 3.66. The molecule has 152 valence electrons. The first-order valence-corrected chi connectivity index (χ1v) is 10.6. The first-order valence-electron chi connectivity index (χ1n) is 9.13. The van der Waals surface area contributed by atoms with Gasteiger partial charge in [0.25, 0.3) is 5.91 Å². The molecule has 0 bridgehead atoms. The number of ether oxygens (including phenoxy) is 1. The molecular weight excluding hydrogens is 368 g/mol. The Morgan fingerprint density at radius 2 is 1.78 bits per heavy atom. The van der Waals surface area contributed by atoms with Crippen molar-refractivity contribution in [1.82, 2.24) is 9.62 Å². The number of rotatable bonds is 9. The lowest BCUT2D eigenvalue weighted by Crippen LogP contribution is -2.45. The molecule has 0 fully saturated rings. The minimum absolute atomic E-state index is 0.0557. The van der Waals surface area contributed by atoms with Gasteiger partial charge in [0, 0.05) is 18.7 Å². The Morgan fingerprint density at radius 1 is 1.19 bits per heavy atom. The molecule has 0 radical (unpaired) electrons. The summed E-state index contributed by atoms with van der Waals surface area (Å²) in [5, 5.41) is 2.69. The highest BCUT2D eigenvalue weighted by Crippen LogP contribution is 2.20. The topological polar surface area (TPSA) is 92.8 Å². The van der Waals surface area contributed by atoms with E-state index in [9.17, 15) is 18.0 Å². The number of carbonyl (C=O) groups excluding carboxylic acids is 2. The van der Waals surface area contributed by atoms with Gasteiger partial charge in [-0.25, -0.2) is 13.2 Å². The van der Waals surface area contributed by atoms with E-state index in [1.54, 1.807) is 26.8 Å². The molecule has 0 saturated carbocycles. The smallest absolute Gasteiger partial charge is 0.328 e. The zero-order valence-electron chi connectivity index (χ0n) is 16.9. The first-order chi connectivity index (χ1) is 12.6. The van der Waals surface area contributed by atoms with E-state index < -0.39 is 27.9 Å². The van der Waals surface area contributed by atoms with Crippen LogP contribution in [0.25, 0.3) is 0 Å². The van der Waals surface area contributed by atoms with Crippen LogP contribution in [-0.2, 0) is 19.6 Å². The second kappa shape index (κ2) is 9.85. The largest absolute Gasteiger partial charge is 0.467 e. The normalized spacial score (nSPS) is 13.9. The van der Waals surface area contributed by atoms with Gasteiger partial charge in [-0.05, 0) is 30.5 Å². The molecular formula is C19H30N2O5S. The second-order valence-electron chi connectivity index (χ2n) is 6.43. The maximum atomic E-state index is 12.8. The molecule has 0 heterocycles. The van der Waals surface area contributed by atoms with Crippen LogP contribution in [0, 0.1) is 12.8 Å². The molecule has 0 saturated heterocycles. The number of esters is 1.